The van der Waals surface area contributed by atoms with Crippen LogP contribution in [0, 0.1) is 0 Å². The predicted octanol–water partition coefficient (Wildman–Crippen LogP) is 2.18. The molecule has 116 valence electrons. The number of benzene rings is 1. The maximum Gasteiger partial charge on any atom is 0.304 e. The third-order valence-corrected chi connectivity index (χ3v) is 5.99. The molecule has 8 heteroatoms. The van der Waals surface area contributed by atoms with Crippen LogP contribution in [-0.4, -0.2) is 48.5 Å². The standard InChI is InChI=1S/C13H15BrClNO4S/c14-10-2-1-9(12(15)5-10)7-16-3-4-21(19,20)8-11(16)6-13(17)18/h1-2,5,11H,3-4,6-8H2,(H,17,18). The van der Waals surface area contributed by atoms with E-state index in [9.17, 15) is 13.2 Å². The minimum Gasteiger partial charge on any atom is -0.481 e. The van der Waals surface area contributed by atoms with E-state index in [-0.39, 0.29) is 17.9 Å². The van der Waals surface area contributed by atoms with E-state index in [1.807, 2.05) is 17.0 Å². The van der Waals surface area contributed by atoms with Crippen LogP contribution in [-0.2, 0) is 21.2 Å². The normalized spacial score (nSPS) is 22.1. The summed E-state index contributed by atoms with van der Waals surface area (Å²) in [5.41, 5.74) is 0.856. The minimum atomic E-state index is -3.17. The first-order valence-electron chi connectivity index (χ1n) is 6.37. The first-order chi connectivity index (χ1) is 9.77. The van der Waals surface area contributed by atoms with Gasteiger partial charge in [0.1, 0.15) is 0 Å². The van der Waals surface area contributed by atoms with Crippen molar-refractivity contribution in [1.29, 1.82) is 0 Å². The van der Waals surface area contributed by atoms with Gasteiger partial charge >= 0.3 is 5.97 Å². The number of nitrogens with zero attached hydrogens (tertiary/aromatic N) is 1. The van der Waals surface area contributed by atoms with Gasteiger partial charge in [-0.15, -0.1) is 0 Å². The lowest BCUT2D eigenvalue weighted by Crippen LogP contribution is -2.48. The zero-order chi connectivity index (χ0) is 15.6. The van der Waals surface area contributed by atoms with Crippen LogP contribution in [0.3, 0.4) is 0 Å². The Morgan fingerprint density at radius 3 is 2.81 bits per heavy atom. The lowest BCUT2D eigenvalue weighted by atomic mass is 10.1. The fraction of sp³-hybridized carbons (Fsp3) is 0.462. The maximum absolute atomic E-state index is 11.7. The number of sulfone groups is 1. The molecule has 1 aromatic rings. The van der Waals surface area contributed by atoms with E-state index in [1.54, 1.807) is 6.07 Å². The minimum absolute atomic E-state index is 0.0528. The van der Waals surface area contributed by atoms with Crippen LogP contribution in [0.2, 0.25) is 5.02 Å². The average Bonchev–Trinajstić information content (AvgIpc) is 2.34. The monoisotopic (exact) mass is 395 g/mol. The Labute approximate surface area is 136 Å². The number of rotatable bonds is 4. The quantitative estimate of drug-likeness (QED) is 0.844. The van der Waals surface area contributed by atoms with Gasteiger partial charge in [0.25, 0.3) is 0 Å². The second kappa shape index (κ2) is 6.64. The van der Waals surface area contributed by atoms with Crippen LogP contribution in [0.25, 0.3) is 0 Å². The van der Waals surface area contributed by atoms with Crippen molar-refractivity contribution >= 4 is 43.3 Å². The molecule has 0 spiro atoms. The number of halogens is 2. The molecular weight excluding hydrogens is 382 g/mol. The highest BCUT2D eigenvalue weighted by Gasteiger charge is 2.32. The molecule has 0 saturated carbocycles. The molecule has 0 aromatic heterocycles. The van der Waals surface area contributed by atoms with E-state index in [4.69, 9.17) is 16.7 Å². The maximum atomic E-state index is 11.7. The van der Waals surface area contributed by atoms with Gasteiger partial charge in [-0.3, -0.25) is 9.69 Å². The van der Waals surface area contributed by atoms with Crippen molar-refractivity contribution in [2.24, 2.45) is 0 Å². The highest BCUT2D eigenvalue weighted by atomic mass is 79.9. The van der Waals surface area contributed by atoms with E-state index < -0.39 is 21.8 Å². The van der Waals surface area contributed by atoms with Crippen LogP contribution < -0.4 is 0 Å². The number of carboxylic acids is 1. The molecule has 1 aliphatic rings. The molecule has 1 fully saturated rings. The SMILES string of the molecule is O=C(O)CC1CS(=O)(=O)CCN1Cc1ccc(Br)cc1Cl. The van der Waals surface area contributed by atoms with E-state index in [0.29, 0.717) is 18.1 Å². The molecule has 1 saturated heterocycles. The average molecular weight is 397 g/mol. The molecule has 1 N–H and O–H groups in total. The largest absolute Gasteiger partial charge is 0.481 e. The molecule has 0 amide bonds. The van der Waals surface area contributed by atoms with E-state index in [0.717, 1.165) is 10.0 Å². The molecule has 0 radical (unpaired) electrons. The highest BCUT2D eigenvalue weighted by molar-refractivity contribution is 9.10. The molecule has 21 heavy (non-hydrogen) atoms. The molecule has 1 aliphatic heterocycles. The van der Waals surface area contributed by atoms with Gasteiger partial charge in [-0.25, -0.2) is 8.42 Å². The van der Waals surface area contributed by atoms with Gasteiger partial charge in [0.2, 0.25) is 0 Å². The first-order valence-corrected chi connectivity index (χ1v) is 9.36. The third kappa shape index (κ3) is 4.67. The first kappa shape index (κ1) is 16.7. The van der Waals surface area contributed by atoms with Crippen LogP contribution in [0.15, 0.2) is 22.7 Å². The Morgan fingerprint density at radius 2 is 2.19 bits per heavy atom. The van der Waals surface area contributed by atoms with Gasteiger partial charge < -0.3 is 5.11 Å². The van der Waals surface area contributed by atoms with Crippen molar-refractivity contribution in [3.63, 3.8) is 0 Å². The van der Waals surface area contributed by atoms with Crippen molar-refractivity contribution in [2.45, 2.75) is 19.0 Å². The zero-order valence-corrected chi connectivity index (χ0v) is 14.3. The van der Waals surface area contributed by atoms with E-state index in [2.05, 4.69) is 15.9 Å². The Balaban J connectivity index is 2.18. The van der Waals surface area contributed by atoms with Crippen LogP contribution >= 0.6 is 27.5 Å². The van der Waals surface area contributed by atoms with Crippen molar-refractivity contribution in [2.75, 3.05) is 18.1 Å². The molecule has 1 aromatic carbocycles. The molecule has 0 bridgehead atoms. The second-order valence-electron chi connectivity index (χ2n) is 5.07. The number of carbonyl (C=O) groups is 1. The summed E-state index contributed by atoms with van der Waals surface area (Å²) in [7, 11) is -3.17. The van der Waals surface area contributed by atoms with Crippen molar-refractivity contribution in [3.8, 4) is 0 Å². The van der Waals surface area contributed by atoms with Crippen molar-refractivity contribution in [1.82, 2.24) is 4.90 Å². The summed E-state index contributed by atoms with van der Waals surface area (Å²) < 4.78 is 24.3. The fourth-order valence-electron chi connectivity index (χ4n) is 2.39. The molecule has 2 rings (SSSR count). The summed E-state index contributed by atoms with van der Waals surface area (Å²) in [6.45, 7) is 0.770. The molecular formula is C13H15BrClNO4S. The topological polar surface area (TPSA) is 74.7 Å². The predicted molar refractivity (Wildman–Crippen MR) is 84.3 cm³/mol. The van der Waals surface area contributed by atoms with Gasteiger partial charge in [0.05, 0.1) is 17.9 Å². The number of aliphatic carboxylic acids is 1. The van der Waals surface area contributed by atoms with Gasteiger partial charge in [-0.1, -0.05) is 33.6 Å². The molecule has 1 unspecified atom stereocenters. The van der Waals surface area contributed by atoms with Crippen LogP contribution in [0.1, 0.15) is 12.0 Å². The summed E-state index contributed by atoms with van der Waals surface area (Å²) in [4.78, 5) is 12.8. The summed E-state index contributed by atoms with van der Waals surface area (Å²) in [5, 5.41) is 9.53. The number of carboxylic acid groups (broad SMARTS) is 1. The molecule has 1 atom stereocenters. The summed E-state index contributed by atoms with van der Waals surface area (Å²) in [6.07, 6.45) is -0.187. The van der Waals surface area contributed by atoms with E-state index in [1.165, 1.54) is 0 Å². The highest BCUT2D eigenvalue weighted by Crippen LogP contribution is 2.25. The lowest BCUT2D eigenvalue weighted by molar-refractivity contribution is -0.138. The fourth-order valence-corrected chi connectivity index (χ4v) is 4.71. The number of hydrogen-bond donors (Lipinski definition) is 1. The van der Waals surface area contributed by atoms with Gasteiger partial charge in [0, 0.05) is 28.6 Å². The Morgan fingerprint density at radius 1 is 1.48 bits per heavy atom. The van der Waals surface area contributed by atoms with Gasteiger partial charge in [-0.2, -0.15) is 0 Å². The summed E-state index contributed by atoms with van der Waals surface area (Å²) in [6, 6.07) is 4.96. The Bertz CT molecular complexity index is 650. The van der Waals surface area contributed by atoms with Gasteiger partial charge in [0.15, 0.2) is 9.84 Å². The van der Waals surface area contributed by atoms with Crippen molar-refractivity contribution in [3.05, 3.63) is 33.3 Å². The summed E-state index contributed by atoms with van der Waals surface area (Å²) >= 11 is 9.49. The smallest absolute Gasteiger partial charge is 0.304 e. The zero-order valence-electron chi connectivity index (χ0n) is 11.1. The van der Waals surface area contributed by atoms with Gasteiger partial charge in [-0.05, 0) is 17.7 Å². The van der Waals surface area contributed by atoms with Crippen molar-refractivity contribution < 1.29 is 18.3 Å². The van der Waals surface area contributed by atoms with Crippen LogP contribution in [0.5, 0.6) is 0 Å². The summed E-state index contributed by atoms with van der Waals surface area (Å²) in [5.74, 6) is -1.06. The Kier molecular flexibility index (Phi) is 5.29. The molecule has 5 nitrogen and oxygen atoms in total. The lowest BCUT2D eigenvalue weighted by Gasteiger charge is -2.34. The number of hydrogen-bond acceptors (Lipinski definition) is 4. The Hall–Kier alpha value is -0.630. The molecule has 1 heterocycles. The third-order valence-electron chi connectivity index (χ3n) is 3.45. The second-order valence-corrected chi connectivity index (χ2v) is 8.62. The van der Waals surface area contributed by atoms with E-state index >= 15 is 0 Å². The molecule has 0 aliphatic carbocycles. The van der Waals surface area contributed by atoms with Crippen LogP contribution in [0.4, 0.5) is 0 Å².